The summed E-state index contributed by atoms with van der Waals surface area (Å²) in [5.41, 5.74) is 1.08. The normalized spacial score (nSPS) is 24.9. The Morgan fingerprint density at radius 2 is 2.47 bits per heavy atom. The van der Waals surface area contributed by atoms with Crippen molar-refractivity contribution in [1.29, 1.82) is 0 Å². The second-order valence-corrected chi connectivity index (χ2v) is 4.01. The lowest BCUT2D eigenvalue weighted by Crippen LogP contribution is -2.41. The van der Waals surface area contributed by atoms with E-state index in [1.807, 2.05) is 11.0 Å². The van der Waals surface area contributed by atoms with E-state index in [9.17, 15) is 9.59 Å². The van der Waals surface area contributed by atoms with E-state index >= 15 is 0 Å². The summed E-state index contributed by atoms with van der Waals surface area (Å²) in [5, 5.41) is 0. The maximum absolute atomic E-state index is 11.5. The van der Waals surface area contributed by atoms with Gasteiger partial charge in [0.05, 0.1) is 6.04 Å². The van der Waals surface area contributed by atoms with Crippen LogP contribution in [0.1, 0.15) is 26.2 Å². The van der Waals surface area contributed by atoms with Crippen molar-refractivity contribution in [1.82, 2.24) is 4.90 Å². The van der Waals surface area contributed by atoms with Crippen molar-refractivity contribution in [2.45, 2.75) is 32.2 Å². The predicted molar refractivity (Wildman–Crippen MR) is 54.1 cm³/mol. The zero-order valence-corrected chi connectivity index (χ0v) is 8.86. The van der Waals surface area contributed by atoms with E-state index < -0.39 is 0 Å². The summed E-state index contributed by atoms with van der Waals surface area (Å²) >= 11 is 0. The van der Waals surface area contributed by atoms with E-state index in [1.54, 1.807) is 0 Å². The Morgan fingerprint density at radius 3 is 3.20 bits per heavy atom. The molecule has 0 aromatic rings. The molecule has 0 N–H and O–H groups in total. The Bertz CT molecular complexity index is 322. The SMILES string of the molecule is CC(=O)OCC1=CCN2C(=O)CCCC12. The van der Waals surface area contributed by atoms with Crippen molar-refractivity contribution in [3.63, 3.8) is 0 Å². The third kappa shape index (κ3) is 2.03. The molecule has 2 aliphatic rings. The van der Waals surface area contributed by atoms with Crippen LogP contribution in [0.2, 0.25) is 0 Å². The van der Waals surface area contributed by atoms with Gasteiger partial charge in [-0.1, -0.05) is 6.08 Å². The van der Waals surface area contributed by atoms with Crippen molar-refractivity contribution in [3.05, 3.63) is 11.6 Å². The number of ether oxygens (including phenoxy) is 1. The minimum absolute atomic E-state index is 0.186. The Balaban J connectivity index is 1.97. The van der Waals surface area contributed by atoms with Crippen LogP contribution < -0.4 is 0 Å². The highest BCUT2D eigenvalue weighted by molar-refractivity contribution is 5.78. The molecule has 1 fully saturated rings. The molecule has 2 rings (SSSR count). The van der Waals surface area contributed by atoms with Crippen molar-refractivity contribution >= 4 is 11.9 Å². The Kier molecular flexibility index (Phi) is 2.75. The van der Waals surface area contributed by atoms with Gasteiger partial charge in [-0.2, -0.15) is 0 Å². The minimum Gasteiger partial charge on any atom is -0.461 e. The highest BCUT2D eigenvalue weighted by Crippen LogP contribution is 2.28. The topological polar surface area (TPSA) is 46.6 Å². The van der Waals surface area contributed by atoms with Crippen molar-refractivity contribution < 1.29 is 14.3 Å². The largest absolute Gasteiger partial charge is 0.461 e. The summed E-state index contributed by atoms with van der Waals surface area (Å²) < 4.78 is 4.96. The molecule has 0 spiro atoms. The minimum atomic E-state index is -0.267. The summed E-state index contributed by atoms with van der Waals surface area (Å²) in [6.07, 6.45) is 4.61. The molecule has 1 unspecified atom stereocenters. The van der Waals surface area contributed by atoms with Gasteiger partial charge in [-0.05, 0) is 18.4 Å². The number of piperidine rings is 1. The molecule has 1 atom stereocenters. The van der Waals surface area contributed by atoms with Crippen LogP contribution in [-0.4, -0.2) is 36.0 Å². The molecule has 0 radical (unpaired) electrons. The lowest BCUT2D eigenvalue weighted by Gasteiger charge is -2.31. The number of rotatable bonds is 2. The highest BCUT2D eigenvalue weighted by Gasteiger charge is 2.33. The van der Waals surface area contributed by atoms with E-state index in [4.69, 9.17) is 4.74 Å². The molecule has 2 heterocycles. The van der Waals surface area contributed by atoms with Gasteiger partial charge in [0.25, 0.3) is 0 Å². The smallest absolute Gasteiger partial charge is 0.302 e. The van der Waals surface area contributed by atoms with Gasteiger partial charge >= 0.3 is 5.97 Å². The summed E-state index contributed by atoms with van der Waals surface area (Å²) in [5.74, 6) is -0.0446. The molecular formula is C11H15NO3. The maximum atomic E-state index is 11.5. The van der Waals surface area contributed by atoms with Gasteiger partial charge in [0, 0.05) is 19.9 Å². The van der Waals surface area contributed by atoms with E-state index in [1.165, 1.54) is 6.92 Å². The number of nitrogens with zero attached hydrogens (tertiary/aromatic N) is 1. The molecule has 2 aliphatic heterocycles. The molecule has 0 aromatic carbocycles. The average molecular weight is 209 g/mol. The number of fused-ring (bicyclic) bond motifs is 1. The van der Waals surface area contributed by atoms with Crippen LogP contribution >= 0.6 is 0 Å². The molecule has 82 valence electrons. The third-order valence-corrected chi connectivity index (χ3v) is 2.99. The number of esters is 1. The van der Waals surface area contributed by atoms with Crippen LogP contribution in [0.3, 0.4) is 0 Å². The Morgan fingerprint density at radius 1 is 1.67 bits per heavy atom. The average Bonchev–Trinajstić information content (AvgIpc) is 2.59. The predicted octanol–water partition coefficient (Wildman–Crippen LogP) is 0.871. The van der Waals surface area contributed by atoms with Crippen LogP contribution in [0, 0.1) is 0 Å². The van der Waals surface area contributed by atoms with Crippen LogP contribution in [0.4, 0.5) is 0 Å². The zero-order chi connectivity index (χ0) is 10.8. The highest BCUT2D eigenvalue weighted by atomic mass is 16.5. The molecule has 1 amide bonds. The van der Waals surface area contributed by atoms with Crippen LogP contribution in [0.25, 0.3) is 0 Å². The number of hydrogen-bond acceptors (Lipinski definition) is 3. The fourth-order valence-electron chi connectivity index (χ4n) is 2.23. The molecule has 0 saturated carbocycles. The fourth-order valence-corrected chi connectivity index (χ4v) is 2.23. The molecule has 4 nitrogen and oxygen atoms in total. The maximum Gasteiger partial charge on any atom is 0.302 e. The second kappa shape index (κ2) is 4.04. The van der Waals surface area contributed by atoms with Gasteiger partial charge in [-0.25, -0.2) is 0 Å². The van der Waals surface area contributed by atoms with E-state index in [0.717, 1.165) is 18.4 Å². The molecule has 0 aromatic heterocycles. The summed E-state index contributed by atoms with van der Waals surface area (Å²) in [6, 6.07) is 0.186. The Hall–Kier alpha value is -1.32. The molecular weight excluding hydrogens is 194 g/mol. The first kappa shape index (κ1) is 10.2. The lowest BCUT2D eigenvalue weighted by molar-refractivity contribution is -0.140. The van der Waals surface area contributed by atoms with Crippen LogP contribution in [0.15, 0.2) is 11.6 Å². The molecule has 4 heteroatoms. The van der Waals surface area contributed by atoms with Gasteiger partial charge in [0.2, 0.25) is 5.91 Å². The van der Waals surface area contributed by atoms with E-state index in [-0.39, 0.29) is 17.9 Å². The number of hydrogen-bond donors (Lipinski definition) is 0. The summed E-state index contributed by atoms with van der Waals surface area (Å²) in [7, 11) is 0. The first-order valence-corrected chi connectivity index (χ1v) is 5.30. The number of carbonyl (C=O) groups excluding carboxylic acids is 2. The van der Waals surface area contributed by atoms with Crippen LogP contribution in [0.5, 0.6) is 0 Å². The van der Waals surface area contributed by atoms with Crippen molar-refractivity contribution in [3.8, 4) is 0 Å². The molecule has 1 saturated heterocycles. The van der Waals surface area contributed by atoms with Gasteiger partial charge in [-0.15, -0.1) is 0 Å². The standard InChI is InChI=1S/C11H15NO3/c1-8(13)15-7-9-5-6-12-10(9)3-2-4-11(12)14/h5,10H,2-4,6-7H2,1H3. The first-order chi connectivity index (χ1) is 7.18. The lowest BCUT2D eigenvalue weighted by atomic mass is 9.98. The Labute approximate surface area is 88.9 Å². The number of amides is 1. The third-order valence-electron chi connectivity index (χ3n) is 2.99. The van der Waals surface area contributed by atoms with Gasteiger partial charge in [0.15, 0.2) is 0 Å². The second-order valence-electron chi connectivity index (χ2n) is 4.01. The molecule has 0 bridgehead atoms. The van der Waals surface area contributed by atoms with E-state index in [0.29, 0.717) is 19.6 Å². The summed E-state index contributed by atoms with van der Waals surface area (Å²) in [4.78, 5) is 24.1. The monoisotopic (exact) mass is 209 g/mol. The quantitative estimate of drug-likeness (QED) is 0.501. The first-order valence-electron chi connectivity index (χ1n) is 5.30. The van der Waals surface area contributed by atoms with Gasteiger partial charge in [-0.3, -0.25) is 9.59 Å². The van der Waals surface area contributed by atoms with E-state index in [2.05, 4.69) is 0 Å². The van der Waals surface area contributed by atoms with Crippen molar-refractivity contribution in [2.75, 3.05) is 13.2 Å². The number of carbonyl (C=O) groups is 2. The van der Waals surface area contributed by atoms with Crippen molar-refractivity contribution in [2.24, 2.45) is 0 Å². The fraction of sp³-hybridized carbons (Fsp3) is 0.636. The van der Waals surface area contributed by atoms with Crippen LogP contribution in [-0.2, 0) is 14.3 Å². The molecule has 0 aliphatic carbocycles. The van der Waals surface area contributed by atoms with Gasteiger partial charge in [0.1, 0.15) is 6.61 Å². The zero-order valence-electron chi connectivity index (χ0n) is 8.86. The molecule has 15 heavy (non-hydrogen) atoms. The summed E-state index contributed by atoms with van der Waals surface area (Å²) in [6.45, 7) is 2.42. The van der Waals surface area contributed by atoms with Gasteiger partial charge < -0.3 is 9.64 Å².